The largest absolute Gasteiger partial charge is 1.00 e. The van der Waals surface area contributed by atoms with E-state index in [0.717, 1.165) is 6.07 Å². The van der Waals surface area contributed by atoms with Crippen molar-refractivity contribution in [3.8, 4) is 0 Å². The molecule has 0 bridgehead atoms. The molecule has 0 unspecified atom stereocenters. The number of hydrogen-bond acceptors (Lipinski definition) is 11. The zero-order valence-corrected chi connectivity index (χ0v) is 19.9. The molecule has 0 spiro atoms. The summed E-state index contributed by atoms with van der Waals surface area (Å²) in [5.74, 6) is -0.220. The van der Waals surface area contributed by atoms with E-state index in [-0.39, 0.29) is 74.0 Å². The average Bonchev–Trinajstić information content (AvgIpc) is 2.53. The van der Waals surface area contributed by atoms with E-state index in [9.17, 15) is 13.0 Å². The van der Waals surface area contributed by atoms with Gasteiger partial charge in [0.1, 0.15) is 10.1 Å². The molecule has 2 N–H and O–H groups in total. The summed E-state index contributed by atoms with van der Waals surface area (Å²) >= 11 is 22.7. The van der Waals surface area contributed by atoms with Gasteiger partial charge >= 0.3 is 29.6 Å². The summed E-state index contributed by atoms with van der Waals surface area (Å²) in [6.07, 6.45) is 0. The maximum atomic E-state index is 11.7. The normalized spacial score (nSPS) is 10.9. The molecule has 29 heavy (non-hydrogen) atoms. The van der Waals surface area contributed by atoms with Gasteiger partial charge < -0.3 is 15.2 Å². The van der Waals surface area contributed by atoms with E-state index >= 15 is 0 Å². The molecule has 0 atom stereocenters. The molecule has 3 aromatic rings. The molecule has 17 heteroatoms. The first-order valence-corrected chi connectivity index (χ1v) is 9.80. The molecule has 0 saturated carbocycles. The van der Waals surface area contributed by atoms with Crippen LogP contribution in [0.3, 0.4) is 0 Å². The molecule has 0 aliphatic heterocycles. The van der Waals surface area contributed by atoms with E-state index < -0.39 is 15.0 Å². The number of nitrogens with one attached hydrogen (secondary N) is 2. The van der Waals surface area contributed by atoms with E-state index in [1.54, 1.807) is 0 Å². The van der Waals surface area contributed by atoms with Gasteiger partial charge in [0.05, 0.1) is 10.6 Å². The Morgan fingerprint density at radius 1 is 0.759 bits per heavy atom. The van der Waals surface area contributed by atoms with Crippen LogP contribution >= 0.6 is 46.4 Å². The minimum atomic E-state index is -4.90. The second-order valence-electron chi connectivity index (χ2n) is 4.81. The second kappa shape index (κ2) is 9.81. The van der Waals surface area contributed by atoms with Crippen LogP contribution in [0.4, 0.5) is 23.3 Å². The Morgan fingerprint density at radius 2 is 1.21 bits per heavy atom. The van der Waals surface area contributed by atoms with Crippen molar-refractivity contribution >= 4 is 79.8 Å². The Kier molecular flexibility index (Phi) is 8.18. The van der Waals surface area contributed by atoms with Crippen molar-refractivity contribution in [2.24, 2.45) is 0 Å². The maximum Gasteiger partial charge on any atom is 1.00 e. The van der Waals surface area contributed by atoms with Gasteiger partial charge in [-0.25, -0.2) is 8.42 Å². The molecule has 2 aromatic heterocycles. The standard InChI is InChI=1S/C12H6Cl4N8O3S.Na/c13-7-19-8(14)22-11(21-7)17-4-1-2-5(6(3-4)28(25,26)27)18-12-23-9(15)20-10(16)24-12;/h1-3H,(H,25,26,27)(H,17,19,21,22)(H,18,20,23,24);/q;+1/p-1. The van der Waals surface area contributed by atoms with Crippen molar-refractivity contribution in [2.75, 3.05) is 10.6 Å². The van der Waals surface area contributed by atoms with Crippen LogP contribution in [-0.4, -0.2) is 42.9 Å². The van der Waals surface area contributed by atoms with Crippen LogP contribution in [0.2, 0.25) is 21.1 Å². The van der Waals surface area contributed by atoms with E-state index in [0.29, 0.717) is 0 Å². The quantitative estimate of drug-likeness (QED) is 0.356. The van der Waals surface area contributed by atoms with Gasteiger partial charge in [-0.1, -0.05) is 0 Å². The van der Waals surface area contributed by atoms with Crippen molar-refractivity contribution in [1.82, 2.24) is 29.9 Å². The average molecular weight is 506 g/mol. The minimum Gasteiger partial charge on any atom is -0.744 e. The van der Waals surface area contributed by atoms with Crippen molar-refractivity contribution in [3.63, 3.8) is 0 Å². The summed E-state index contributed by atoms with van der Waals surface area (Å²) < 4.78 is 35.0. The fourth-order valence-corrected chi connectivity index (χ4v) is 3.31. The predicted molar refractivity (Wildman–Crippen MR) is 101 cm³/mol. The van der Waals surface area contributed by atoms with Crippen LogP contribution in [-0.2, 0) is 10.1 Å². The SMILES string of the molecule is O=S(=O)([O-])c1cc(Nc2nc(Cl)nc(Cl)n2)ccc1Nc1nc(Cl)nc(Cl)n1.[Na+]. The Bertz CT molecular complexity index is 1130. The van der Waals surface area contributed by atoms with Crippen LogP contribution in [0.1, 0.15) is 0 Å². The zero-order chi connectivity index (χ0) is 20.5. The third-order valence-electron chi connectivity index (χ3n) is 2.92. The Hall–Kier alpha value is -1.09. The molecular weight excluding hydrogens is 501 g/mol. The van der Waals surface area contributed by atoms with Crippen LogP contribution in [0.25, 0.3) is 0 Å². The van der Waals surface area contributed by atoms with E-state index in [1.165, 1.54) is 12.1 Å². The van der Waals surface area contributed by atoms with Crippen molar-refractivity contribution in [1.29, 1.82) is 0 Å². The van der Waals surface area contributed by atoms with Gasteiger partial charge in [-0.3, -0.25) is 0 Å². The Balaban J connectivity index is 0.00000300. The van der Waals surface area contributed by atoms with Gasteiger partial charge in [-0.05, 0) is 64.6 Å². The molecule has 146 valence electrons. The van der Waals surface area contributed by atoms with Gasteiger partial charge in [0.2, 0.25) is 33.0 Å². The fraction of sp³-hybridized carbons (Fsp3) is 0. The molecule has 0 fully saturated rings. The van der Waals surface area contributed by atoms with Crippen molar-refractivity contribution in [2.45, 2.75) is 4.90 Å². The topological polar surface area (TPSA) is 159 Å². The Morgan fingerprint density at radius 3 is 1.66 bits per heavy atom. The maximum absolute atomic E-state index is 11.7. The van der Waals surface area contributed by atoms with Crippen LogP contribution in [0.5, 0.6) is 0 Å². The van der Waals surface area contributed by atoms with Gasteiger partial charge in [-0.15, -0.1) is 0 Å². The molecule has 2 heterocycles. The third-order valence-corrected chi connectivity index (χ3v) is 4.47. The zero-order valence-electron chi connectivity index (χ0n) is 14.1. The number of rotatable bonds is 5. The summed E-state index contributed by atoms with van der Waals surface area (Å²) in [5.41, 5.74) is 0.0376. The summed E-state index contributed by atoms with van der Waals surface area (Å²) in [6.45, 7) is 0. The summed E-state index contributed by atoms with van der Waals surface area (Å²) in [4.78, 5) is 21.6. The van der Waals surface area contributed by atoms with Crippen LogP contribution in [0.15, 0.2) is 23.1 Å². The first kappa shape index (κ1) is 24.2. The first-order valence-electron chi connectivity index (χ1n) is 6.88. The molecule has 0 amide bonds. The number of anilines is 4. The van der Waals surface area contributed by atoms with Gasteiger partial charge in [-0.2, -0.15) is 29.9 Å². The number of halogens is 4. The van der Waals surface area contributed by atoms with Crippen LogP contribution < -0.4 is 40.2 Å². The monoisotopic (exact) mass is 504 g/mol. The number of hydrogen-bond donors (Lipinski definition) is 2. The van der Waals surface area contributed by atoms with Crippen LogP contribution in [0, 0.1) is 0 Å². The van der Waals surface area contributed by atoms with E-state index in [1.807, 2.05) is 0 Å². The summed E-state index contributed by atoms with van der Waals surface area (Å²) in [6, 6.07) is 3.75. The molecular formula is C12H5Cl4N8NaO3S. The predicted octanol–water partition coefficient (Wildman–Crippen LogP) is 0.0655. The molecule has 0 radical (unpaired) electrons. The molecule has 0 saturated heterocycles. The minimum absolute atomic E-state index is 0. The second-order valence-corrected chi connectivity index (χ2v) is 7.51. The summed E-state index contributed by atoms with van der Waals surface area (Å²) in [5, 5.41) is 4.40. The molecule has 1 aromatic carbocycles. The first-order chi connectivity index (χ1) is 13.1. The van der Waals surface area contributed by atoms with Gasteiger partial charge in [0, 0.05) is 5.69 Å². The van der Waals surface area contributed by atoms with E-state index in [4.69, 9.17) is 46.4 Å². The van der Waals surface area contributed by atoms with Gasteiger partial charge in [0.15, 0.2) is 0 Å². The number of benzene rings is 1. The Labute approximate surface area is 205 Å². The van der Waals surface area contributed by atoms with Crippen molar-refractivity contribution < 1.29 is 42.5 Å². The fourth-order valence-electron chi connectivity index (χ4n) is 1.92. The molecule has 0 aliphatic carbocycles. The smallest absolute Gasteiger partial charge is 0.744 e. The molecule has 0 aliphatic rings. The van der Waals surface area contributed by atoms with E-state index in [2.05, 4.69) is 40.5 Å². The summed E-state index contributed by atoms with van der Waals surface area (Å²) in [7, 11) is -4.90. The third kappa shape index (κ3) is 6.70. The van der Waals surface area contributed by atoms with Gasteiger partial charge in [0.25, 0.3) is 0 Å². The number of nitrogens with zero attached hydrogens (tertiary/aromatic N) is 6. The van der Waals surface area contributed by atoms with Crippen molar-refractivity contribution in [3.05, 3.63) is 39.3 Å². The molecule has 3 rings (SSSR count). The molecule has 11 nitrogen and oxygen atoms in total. The number of aromatic nitrogens is 6.